The number of benzene rings is 1. The summed E-state index contributed by atoms with van der Waals surface area (Å²) in [7, 11) is 1.78. The molecule has 0 aliphatic carbocycles. The number of nitrogens with zero attached hydrogens (tertiary/aromatic N) is 2. The highest BCUT2D eigenvalue weighted by atomic mass is 16.1. The summed E-state index contributed by atoms with van der Waals surface area (Å²) in [5.41, 5.74) is 7.82. The van der Waals surface area contributed by atoms with E-state index >= 15 is 0 Å². The second-order valence-electron chi connectivity index (χ2n) is 4.73. The molecule has 0 saturated carbocycles. The first-order valence-electron chi connectivity index (χ1n) is 6.68. The molecule has 1 atom stereocenters. The van der Waals surface area contributed by atoms with E-state index in [0.29, 0.717) is 12.1 Å². The molecule has 1 aromatic heterocycles. The standard InChI is InChI=1S/C16H18N4O/c1-12(19-16(21)15-10-18-20(2)11-15)14-7-5-13(6-8-14)4-3-9-17/h5-8,10-12H,9,17H2,1-2H3,(H,19,21). The molecular weight excluding hydrogens is 264 g/mol. The quantitative estimate of drug-likeness (QED) is 0.831. The van der Waals surface area contributed by atoms with Crippen LogP contribution in [-0.4, -0.2) is 22.2 Å². The molecule has 1 aromatic carbocycles. The van der Waals surface area contributed by atoms with Gasteiger partial charge in [-0.05, 0) is 24.6 Å². The van der Waals surface area contributed by atoms with E-state index in [9.17, 15) is 4.79 Å². The van der Waals surface area contributed by atoms with Crippen molar-refractivity contribution < 1.29 is 4.79 Å². The van der Waals surface area contributed by atoms with Crippen molar-refractivity contribution in [1.29, 1.82) is 0 Å². The summed E-state index contributed by atoms with van der Waals surface area (Å²) in [6.07, 6.45) is 3.24. The molecule has 3 N–H and O–H groups in total. The smallest absolute Gasteiger partial charge is 0.254 e. The largest absolute Gasteiger partial charge is 0.345 e. The number of rotatable bonds is 3. The molecule has 5 nitrogen and oxygen atoms in total. The lowest BCUT2D eigenvalue weighted by Gasteiger charge is -2.13. The SMILES string of the molecule is CC(NC(=O)c1cnn(C)c1)c1ccc(C#CCN)cc1. The summed E-state index contributed by atoms with van der Waals surface area (Å²) in [5.74, 6) is 5.64. The minimum Gasteiger partial charge on any atom is -0.345 e. The van der Waals surface area contributed by atoms with Gasteiger partial charge in [0.2, 0.25) is 0 Å². The van der Waals surface area contributed by atoms with Crippen molar-refractivity contribution in [2.24, 2.45) is 12.8 Å². The van der Waals surface area contributed by atoms with Crippen LogP contribution in [0.2, 0.25) is 0 Å². The van der Waals surface area contributed by atoms with Gasteiger partial charge in [-0.2, -0.15) is 5.10 Å². The molecule has 0 aliphatic rings. The van der Waals surface area contributed by atoms with Gasteiger partial charge in [0.15, 0.2) is 0 Å². The van der Waals surface area contributed by atoms with Gasteiger partial charge in [-0.1, -0.05) is 24.0 Å². The maximum atomic E-state index is 12.0. The first kappa shape index (κ1) is 14.8. The lowest BCUT2D eigenvalue weighted by atomic mass is 10.1. The van der Waals surface area contributed by atoms with E-state index in [1.165, 1.54) is 0 Å². The van der Waals surface area contributed by atoms with Crippen molar-refractivity contribution in [2.45, 2.75) is 13.0 Å². The van der Waals surface area contributed by atoms with E-state index in [1.54, 1.807) is 24.1 Å². The van der Waals surface area contributed by atoms with Crippen LogP contribution in [0.15, 0.2) is 36.7 Å². The van der Waals surface area contributed by atoms with Gasteiger partial charge in [0.05, 0.1) is 24.3 Å². The van der Waals surface area contributed by atoms with E-state index < -0.39 is 0 Å². The van der Waals surface area contributed by atoms with Gasteiger partial charge in [-0.15, -0.1) is 0 Å². The number of nitrogens with one attached hydrogen (secondary N) is 1. The highest BCUT2D eigenvalue weighted by molar-refractivity contribution is 5.93. The molecule has 1 unspecified atom stereocenters. The Labute approximate surface area is 124 Å². The molecule has 108 valence electrons. The average Bonchev–Trinajstić information content (AvgIpc) is 2.92. The summed E-state index contributed by atoms with van der Waals surface area (Å²) in [6.45, 7) is 2.29. The summed E-state index contributed by atoms with van der Waals surface area (Å²) < 4.78 is 1.60. The molecule has 0 aliphatic heterocycles. The van der Waals surface area contributed by atoms with Crippen LogP contribution < -0.4 is 11.1 Å². The van der Waals surface area contributed by atoms with Crippen molar-refractivity contribution in [1.82, 2.24) is 15.1 Å². The van der Waals surface area contributed by atoms with Gasteiger partial charge in [0.1, 0.15) is 0 Å². The average molecular weight is 282 g/mol. The van der Waals surface area contributed by atoms with Gasteiger partial charge >= 0.3 is 0 Å². The van der Waals surface area contributed by atoms with Gasteiger partial charge in [-0.25, -0.2) is 0 Å². The molecule has 0 fully saturated rings. The Hall–Kier alpha value is -2.58. The molecule has 0 bridgehead atoms. The van der Waals surface area contributed by atoms with Crippen LogP contribution in [0.5, 0.6) is 0 Å². The molecule has 0 radical (unpaired) electrons. The first-order chi connectivity index (χ1) is 10.1. The Bertz CT molecular complexity index is 676. The summed E-state index contributed by atoms with van der Waals surface area (Å²) in [6, 6.07) is 7.66. The van der Waals surface area contributed by atoms with E-state index in [1.807, 2.05) is 31.2 Å². The molecule has 0 saturated heterocycles. The summed E-state index contributed by atoms with van der Waals surface area (Å²) in [5, 5.41) is 6.93. The van der Waals surface area contributed by atoms with E-state index in [4.69, 9.17) is 5.73 Å². The number of hydrogen-bond acceptors (Lipinski definition) is 3. The van der Waals surface area contributed by atoms with Crippen LogP contribution in [-0.2, 0) is 7.05 Å². The third-order valence-electron chi connectivity index (χ3n) is 3.06. The first-order valence-corrected chi connectivity index (χ1v) is 6.68. The molecule has 2 rings (SSSR count). The monoisotopic (exact) mass is 282 g/mol. The number of aryl methyl sites for hydroxylation is 1. The van der Waals surface area contributed by atoms with Crippen molar-refractivity contribution in [3.63, 3.8) is 0 Å². The van der Waals surface area contributed by atoms with Gasteiger partial charge in [0.25, 0.3) is 5.91 Å². The molecule has 5 heteroatoms. The number of hydrogen-bond donors (Lipinski definition) is 2. The maximum absolute atomic E-state index is 12.0. The van der Waals surface area contributed by atoms with E-state index in [0.717, 1.165) is 11.1 Å². The molecular formula is C16H18N4O. The predicted octanol–water partition coefficient (Wildman–Crippen LogP) is 1.22. The lowest BCUT2D eigenvalue weighted by Crippen LogP contribution is -2.26. The molecule has 21 heavy (non-hydrogen) atoms. The van der Waals surface area contributed by atoms with Gasteiger partial charge < -0.3 is 11.1 Å². The Morgan fingerprint density at radius 2 is 2.14 bits per heavy atom. The van der Waals surface area contributed by atoms with Crippen LogP contribution in [0.3, 0.4) is 0 Å². The van der Waals surface area contributed by atoms with E-state index in [2.05, 4.69) is 22.3 Å². The minimum atomic E-state index is -0.136. The maximum Gasteiger partial charge on any atom is 0.254 e. The van der Waals surface area contributed by atoms with Crippen LogP contribution in [0.4, 0.5) is 0 Å². The van der Waals surface area contributed by atoms with Crippen molar-refractivity contribution in [2.75, 3.05) is 6.54 Å². The van der Waals surface area contributed by atoms with Crippen molar-refractivity contribution in [3.05, 3.63) is 53.3 Å². The third-order valence-corrected chi connectivity index (χ3v) is 3.06. The second kappa shape index (κ2) is 6.73. The lowest BCUT2D eigenvalue weighted by molar-refractivity contribution is 0.0940. The fourth-order valence-corrected chi connectivity index (χ4v) is 1.91. The normalized spacial score (nSPS) is 11.4. The van der Waals surface area contributed by atoms with E-state index in [-0.39, 0.29) is 11.9 Å². The molecule has 1 heterocycles. The number of nitrogens with two attached hydrogens (primary N) is 1. The predicted molar refractivity (Wildman–Crippen MR) is 81.5 cm³/mol. The fourth-order valence-electron chi connectivity index (χ4n) is 1.91. The minimum absolute atomic E-state index is 0.0887. The van der Waals surface area contributed by atoms with Gasteiger partial charge in [0, 0.05) is 18.8 Å². The number of amides is 1. The van der Waals surface area contributed by atoms with Crippen LogP contribution in [0.25, 0.3) is 0 Å². The van der Waals surface area contributed by atoms with Gasteiger partial charge in [-0.3, -0.25) is 9.48 Å². The molecule has 1 amide bonds. The van der Waals surface area contributed by atoms with Crippen molar-refractivity contribution >= 4 is 5.91 Å². The molecule has 0 spiro atoms. The Morgan fingerprint density at radius 1 is 1.43 bits per heavy atom. The summed E-state index contributed by atoms with van der Waals surface area (Å²) >= 11 is 0. The highest BCUT2D eigenvalue weighted by Crippen LogP contribution is 2.14. The topological polar surface area (TPSA) is 72.9 Å². The second-order valence-corrected chi connectivity index (χ2v) is 4.73. The van der Waals surface area contributed by atoms with Crippen LogP contribution in [0, 0.1) is 11.8 Å². The number of carbonyl (C=O) groups is 1. The highest BCUT2D eigenvalue weighted by Gasteiger charge is 2.12. The zero-order valence-corrected chi connectivity index (χ0v) is 12.1. The number of aromatic nitrogens is 2. The summed E-state index contributed by atoms with van der Waals surface area (Å²) in [4.78, 5) is 12.0. The number of carbonyl (C=O) groups excluding carboxylic acids is 1. The Balaban J connectivity index is 2.03. The van der Waals surface area contributed by atoms with Crippen molar-refractivity contribution in [3.8, 4) is 11.8 Å². The van der Waals surface area contributed by atoms with Crippen LogP contribution in [0.1, 0.15) is 34.5 Å². The third kappa shape index (κ3) is 3.94. The fraction of sp³-hybridized carbons (Fsp3) is 0.250. The Kier molecular flexibility index (Phi) is 4.75. The Morgan fingerprint density at radius 3 is 2.71 bits per heavy atom. The van der Waals surface area contributed by atoms with Crippen LogP contribution >= 0.6 is 0 Å². The zero-order chi connectivity index (χ0) is 15.2. The molecule has 2 aromatic rings. The zero-order valence-electron chi connectivity index (χ0n) is 12.1.